The van der Waals surface area contributed by atoms with Crippen LogP contribution in [0.1, 0.15) is 62.7 Å². The Balaban J connectivity index is 1.40. The molecule has 4 aromatic rings. The van der Waals surface area contributed by atoms with Gasteiger partial charge >= 0.3 is 0 Å². The number of benzene rings is 1. The van der Waals surface area contributed by atoms with Crippen LogP contribution >= 0.6 is 0 Å². The number of methoxy groups -OCH3 is 1. The number of aromatic nitrogens is 4. The van der Waals surface area contributed by atoms with Gasteiger partial charge in [0, 0.05) is 62.2 Å². The largest absolute Gasteiger partial charge is 0.494 e. The second kappa shape index (κ2) is 10.9. The van der Waals surface area contributed by atoms with Crippen molar-refractivity contribution in [2.75, 3.05) is 13.7 Å². The van der Waals surface area contributed by atoms with Gasteiger partial charge in [-0.1, -0.05) is 20.3 Å². The van der Waals surface area contributed by atoms with E-state index in [-0.39, 0.29) is 29.7 Å². The molecule has 4 heterocycles. The number of nitrogens with two attached hydrogens (primary N) is 1. The molecule has 9 heteroatoms. The Bertz CT molecular complexity index is 1620. The van der Waals surface area contributed by atoms with Crippen LogP contribution in [0.15, 0.2) is 36.5 Å². The molecule has 6 rings (SSSR count). The van der Waals surface area contributed by atoms with E-state index in [0.29, 0.717) is 48.6 Å². The van der Waals surface area contributed by atoms with Crippen molar-refractivity contribution in [3.8, 4) is 17.3 Å². The number of hydrogen-bond donors (Lipinski definition) is 1. The molecule has 1 aromatic carbocycles. The summed E-state index contributed by atoms with van der Waals surface area (Å²) in [4.78, 5) is 37.8. The van der Waals surface area contributed by atoms with Gasteiger partial charge < -0.3 is 24.5 Å². The number of amides is 1. The molecular formula is C32H40N6O3. The zero-order valence-corrected chi connectivity index (χ0v) is 24.5. The second-order valence-electron chi connectivity index (χ2n) is 11.7. The van der Waals surface area contributed by atoms with Gasteiger partial charge in [0.25, 0.3) is 5.91 Å². The van der Waals surface area contributed by atoms with Crippen molar-refractivity contribution < 1.29 is 14.3 Å². The number of pyridine rings is 1. The van der Waals surface area contributed by atoms with Crippen LogP contribution in [0.25, 0.3) is 33.6 Å². The highest BCUT2D eigenvalue weighted by molar-refractivity contribution is 6.00. The Morgan fingerprint density at radius 3 is 2.68 bits per heavy atom. The fourth-order valence-electron chi connectivity index (χ4n) is 6.50. The maximum absolute atomic E-state index is 14.0. The Kier molecular flexibility index (Phi) is 7.32. The highest BCUT2D eigenvalue weighted by atomic mass is 16.5. The van der Waals surface area contributed by atoms with Gasteiger partial charge in [0.2, 0.25) is 0 Å². The number of ketones is 1. The molecule has 2 aliphatic rings. The molecule has 0 bridgehead atoms. The zero-order chi connectivity index (χ0) is 28.8. The van der Waals surface area contributed by atoms with Crippen molar-refractivity contribution in [3.63, 3.8) is 0 Å². The predicted octanol–water partition coefficient (Wildman–Crippen LogP) is 4.95. The average molecular weight is 557 g/mol. The molecule has 2 fully saturated rings. The van der Waals surface area contributed by atoms with E-state index in [2.05, 4.69) is 33.2 Å². The first-order chi connectivity index (χ1) is 19.8. The minimum Gasteiger partial charge on any atom is -0.494 e. The van der Waals surface area contributed by atoms with E-state index in [0.717, 1.165) is 41.0 Å². The van der Waals surface area contributed by atoms with Crippen LogP contribution < -0.4 is 10.5 Å². The average Bonchev–Trinajstić information content (AvgIpc) is 3.54. The van der Waals surface area contributed by atoms with Crippen LogP contribution in [-0.4, -0.2) is 61.4 Å². The molecule has 3 atom stereocenters. The highest BCUT2D eigenvalue weighted by Gasteiger charge is 2.41. The van der Waals surface area contributed by atoms with Crippen molar-refractivity contribution in [2.45, 2.75) is 71.0 Å². The first kappa shape index (κ1) is 27.4. The van der Waals surface area contributed by atoms with E-state index in [1.54, 1.807) is 7.11 Å². The number of likely N-dealkylation sites (tertiary alicyclic amines) is 1. The number of carbonyl (C=O) groups excluding carboxylic acids is 2. The predicted molar refractivity (Wildman–Crippen MR) is 160 cm³/mol. The van der Waals surface area contributed by atoms with E-state index >= 15 is 0 Å². The lowest BCUT2D eigenvalue weighted by Crippen LogP contribution is -2.43. The first-order valence-corrected chi connectivity index (χ1v) is 14.9. The van der Waals surface area contributed by atoms with Gasteiger partial charge in [-0.3, -0.25) is 9.59 Å². The van der Waals surface area contributed by atoms with E-state index in [9.17, 15) is 9.59 Å². The van der Waals surface area contributed by atoms with Crippen molar-refractivity contribution in [1.82, 2.24) is 24.0 Å². The van der Waals surface area contributed by atoms with Crippen LogP contribution in [0.2, 0.25) is 0 Å². The molecule has 1 amide bonds. The van der Waals surface area contributed by atoms with Gasteiger partial charge in [-0.2, -0.15) is 0 Å². The number of nitrogens with zero attached hydrogens (tertiary/aromatic N) is 5. The van der Waals surface area contributed by atoms with Gasteiger partial charge in [-0.05, 0) is 61.4 Å². The number of ether oxygens (including phenoxy) is 1. The number of fused-ring (bicyclic) bond motifs is 2. The topological polar surface area (TPSA) is 108 Å². The Labute approximate surface area is 240 Å². The summed E-state index contributed by atoms with van der Waals surface area (Å²) in [5.74, 6) is 2.39. The van der Waals surface area contributed by atoms with Crippen molar-refractivity contribution in [2.24, 2.45) is 24.6 Å². The number of rotatable bonds is 10. The minimum atomic E-state index is -0.172. The zero-order valence-electron chi connectivity index (χ0n) is 24.5. The molecule has 1 aliphatic carbocycles. The maximum atomic E-state index is 14.0. The third-order valence-electron chi connectivity index (χ3n) is 9.14. The Morgan fingerprint density at radius 1 is 1.17 bits per heavy atom. The first-order valence-electron chi connectivity index (χ1n) is 14.9. The highest BCUT2D eigenvalue weighted by Crippen LogP contribution is 2.38. The normalized spacial score (nSPS) is 20.8. The van der Waals surface area contributed by atoms with Crippen LogP contribution in [0.4, 0.5) is 0 Å². The monoisotopic (exact) mass is 556 g/mol. The van der Waals surface area contributed by atoms with Crippen LogP contribution in [0, 0.1) is 11.8 Å². The lowest BCUT2D eigenvalue weighted by atomic mass is 9.94. The summed E-state index contributed by atoms with van der Waals surface area (Å²) in [6.07, 6.45) is 6.72. The van der Waals surface area contributed by atoms with E-state index in [1.807, 2.05) is 43.3 Å². The number of aryl methyl sites for hydroxylation is 1. The van der Waals surface area contributed by atoms with Crippen LogP contribution in [0.5, 0.6) is 5.75 Å². The number of carbonyl (C=O) groups is 2. The van der Waals surface area contributed by atoms with Crippen LogP contribution in [-0.2, 0) is 18.4 Å². The number of imidazole rings is 1. The van der Waals surface area contributed by atoms with Gasteiger partial charge in [-0.25, -0.2) is 9.97 Å². The molecule has 216 valence electrons. The fourth-order valence-corrected chi connectivity index (χ4v) is 6.50. The van der Waals surface area contributed by atoms with Gasteiger partial charge in [0.15, 0.2) is 5.82 Å². The maximum Gasteiger partial charge on any atom is 0.254 e. The Morgan fingerprint density at radius 2 is 1.98 bits per heavy atom. The van der Waals surface area contributed by atoms with Gasteiger partial charge in [0.1, 0.15) is 22.7 Å². The minimum absolute atomic E-state index is 0.0928. The fraction of sp³-hybridized carbons (Fsp3) is 0.500. The van der Waals surface area contributed by atoms with Gasteiger partial charge in [0.05, 0.1) is 18.3 Å². The molecule has 9 nitrogen and oxygen atoms in total. The van der Waals surface area contributed by atoms with E-state index in [4.69, 9.17) is 15.5 Å². The summed E-state index contributed by atoms with van der Waals surface area (Å²) >= 11 is 0. The number of Topliss-reactive ketones (excluding diaryl/α,β-unsaturated/α-hetero) is 1. The number of hydrogen-bond acceptors (Lipinski definition) is 6. The molecule has 41 heavy (non-hydrogen) atoms. The summed E-state index contributed by atoms with van der Waals surface area (Å²) in [6.45, 7) is 5.48. The lowest BCUT2D eigenvalue weighted by molar-refractivity contribution is -0.119. The summed E-state index contributed by atoms with van der Waals surface area (Å²) in [6, 6.07) is 9.57. The molecule has 0 spiro atoms. The summed E-state index contributed by atoms with van der Waals surface area (Å²) in [5.41, 5.74) is 10.7. The standard InChI is InChI=1S/C32H40N6O3/c1-5-20-18-38(25(28(20)33)12-11-23(39)6-2)32(40)22-14-24-29(27(16-22)41-4)36(3)31(35-24)26-15-21-8-7-13-34-30(21)37(26)17-19-9-10-19/h7-8,13-16,19-20,25,28H,5-6,9-12,17-18,33H2,1-4H3. The summed E-state index contributed by atoms with van der Waals surface area (Å²) in [7, 11) is 3.62. The van der Waals surface area contributed by atoms with E-state index in [1.165, 1.54) is 12.8 Å². The molecule has 1 aliphatic heterocycles. The van der Waals surface area contributed by atoms with Gasteiger partial charge in [-0.15, -0.1) is 0 Å². The van der Waals surface area contributed by atoms with E-state index < -0.39 is 0 Å². The molecule has 1 saturated carbocycles. The van der Waals surface area contributed by atoms with Crippen molar-refractivity contribution >= 4 is 33.8 Å². The molecule has 3 aromatic heterocycles. The SMILES string of the molecule is CCC(=O)CCC1C(N)C(CC)CN1C(=O)c1cc(OC)c2c(c1)nc(-c1cc3cccnc3n1CC1CC1)n2C. The molecule has 0 radical (unpaired) electrons. The van der Waals surface area contributed by atoms with Crippen LogP contribution in [0.3, 0.4) is 0 Å². The molecular weight excluding hydrogens is 516 g/mol. The summed E-state index contributed by atoms with van der Waals surface area (Å²) in [5, 5.41) is 1.08. The van der Waals surface area contributed by atoms with Crippen molar-refractivity contribution in [1.29, 1.82) is 0 Å². The molecule has 2 N–H and O–H groups in total. The third-order valence-corrected chi connectivity index (χ3v) is 9.14. The Hall–Kier alpha value is -3.72. The smallest absolute Gasteiger partial charge is 0.254 e. The molecule has 3 unspecified atom stereocenters. The van der Waals surface area contributed by atoms with Crippen molar-refractivity contribution in [3.05, 3.63) is 42.1 Å². The quantitative estimate of drug-likeness (QED) is 0.296. The third kappa shape index (κ3) is 4.90. The lowest BCUT2D eigenvalue weighted by Gasteiger charge is -2.27. The summed E-state index contributed by atoms with van der Waals surface area (Å²) < 4.78 is 10.2. The second-order valence-corrected chi connectivity index (χ2v) is 11.7. The molecule has 1 saturated heterocycles.